The molecule has 3 aliphatic rings. The Labute approximate surface area is 194 Å². The topological polar surface area (TPSA) is 46.6 Å². The minimum atomic E-state index is -0.140. The Kier molecular flexibility index (Phi) is 8.56. The molecule has 4 rings (SSSR count). The summed E-state index contributed by atoms with van der Waals surface area (Å²) in [7, 11) is 1.44. The van der Waals surface area contributed by atoms with Crippen LogP contribution in [-0.2, 0) is 20.9 Å². The first-order valence-corrected chi connectivity index (χ1v) is 12.4. The summed E-state index contributed by atoms with van der Waals surface area (Å²) in [5.41, 5.74) is 1.53. The zero-order valence-corrected chi connectivity index (χ0v) is 20.4. The van der Waals surface area contributed by atoms with Crippen LogP contribution in [0.15, 0.2) is 42.5 Å². The highest BCUT2D eigenvalue weighted by Crippen LogP contribution is 2.62. The quantitative estimate of drug-likeness (QED) is 0.236. The van der Waals surface area contributed by atoms with Gasteiger partial charge in [0.05, 0.1) is 7.11 Å². The number of fused-ring (bicyclic) bond motifs is 2. The van der Waals surface area contributed by atoms with Crippen molar-refractivity contribution in [1.29, 1.82) is 0 Å². The van der Waals surface area contributed by atoms with Crippen LogP contribution < -0.4 is 0 Å². The second-order valence-corrected chi connectivity index (χ2v) is 10.3. The molecule has 3 saturated carbocycles. The lowest BCUT2D eigenvalue weighted by molar-refractivity contribution is -0.167. The Balaban J connectivity index is 1.73. The zero-order chi connectivity index (χ0) is 23.1. The fourth-order valence-electron chi connectivity index (χ4n) is 5.93. The third-order valence-electron chi connectivity index (χ3n) is 7.95. The molecule has 4 atom stereocenters. The van der Waals surface area contributed by atoms with Gasteiger partial charge in [-0.1, -0.05) is 63.3 Å². The van der Waals surface area contributed by atoms with Crippen LogP contribution in [0.3, 0.4) is 0 Å². The number of ether oxygens (including phenoxy) is 1. The van der Waals surface area contributed by atoms with Crippen LogP contribution in [-0.4, -0.2) is 29.9 Å². The van der Waals surface area contributed by atoms with Crippen LogP contribution >= 0.6 is 0 Å². The Morgan fingerprint density at radius 3 is 2.53 bits per heavy atom. The molecule has 4 nitrogen and oxygen atoms in total. The Morgan fingerprint density at radius 2 is 1.88 bits per heavy atom. The van der Waals surface area contributed by atoms with Gasteiger partial charge in [-0.05, 0) is 67.3 Å². The third kappa shape index (κ3) is 5.63. The van der Waals surface area contributed by atoms with Crippen LogP contribution in [0.2, 0.25) is 0 Å². The standard InChI is InChI=1S/C28H41NO3/c1-5-13-25(30)29(20-21-14-9-8-10-15-21)27-22(18-23-19-24(27)28(23,2)3)16-11-6-7-12-17-26(31)32-4/h6,8-11,14-15,22-24,27H,5,7,12-13,16-20H2,1-4H3/b11-6+. The summed E-state index contributed by atoms with van der Waals surface area (Å²) < 4.78 is 4.72. The minimum absolute atomic E-state index is 0.140. The van der Waals surface area contributed by atoms with Gasteiger partial charge in [0.15, 0.2) is 0 Å². The van der Waals surface area contributed by atoms with Crippen molar-refractivity contribution in [2.45, 2.75) is 84.7 Å². The number of nitrogens with zero attached hydrogens (tertiary/aromatic N) is 1. The molecule has 0 saturated heterocycles. The molecule has 0 aliphatic heterocycles. The molecule has 0 spiro atoms. The average molecular weight is 440 g/mol. The third-order valence-corrected chi connectivity index (χ3v) is 7.95. The molecule has 32 heavy (non-hydrogen) atoms. The number of allylic oxidation sites excluding steroid dienone is 2. The van der Waals surface area contributed by atoms with E-state index in [0.717, 1.165) is 31.6 Å². The van der Waals surface area contributed by atoms with Gasteiger partial charge in [-0.3, -0.25) is 9.59 Å². The summed E-state index contributed by atoms with van der Waals surface area (Å²) in [6.45, 7) is 7.61. The van der Waals surface area contributed by atoms with E-state index in [1.807, 2.05) is 6.07 Å². The maximum absolute atomic E-state index is 13.3. The molecule has 0 aromatic heterocycles. The fraction of sp³-hybridized carbons (Fsp3) is 0.643. The summed E-state index contributed by atoms with van der Waals surface area (Å²) in [5, 5.41) is 0. The van der Waals surface area contributed by atoms with E-state index in [1.165, 1.54) is 25.5 Å². The number of esters is 1. The first kappa shape index (κ1) is 24.5. The highest BCUT2D eigenvalue weighted by molar-refractivity contribution is 5.76. The first-order chi connectivity index (χ1) is 15.4. The monoisotopic (exact) mass is 439 g/mol. The van der Waals surface area contributed by atoms with Crippen molar-refractivity contribution in [2.75, 3.05) is 7.11 Å². The van der Waals surface area contributed by atoms with Crippen molar-refractivity contribution in [3.63, 3.8) is 0 Å². The molecule has 2 bridgehead atoms. The van der Waals surface area contributed by atoms with Crippen LogP contribution in [0.5, 0.6) is 0 Å². The van der Waals surface area contributed by atoms with Crippen LogP contribution in [0.25, 0.3) is 0 Å². The van der Waals surface area contributed by atoms with Crippen LogP contribution in [0.1, 0.15) is 77.7 Å². The number of methoxy groups -OCH3 is 1. The van der Waals surface area contributed by atoms with E-state index in [0.29, 0.717) is 48.6 Å². The largest absolute Gasteiger partial charge is 0.469 e. The molecule has 0 N–H and O–H groups in total. The second-order valence-electron chi connectivity index (χ2n) is 10.3. The van der Waals surface area contributed by atoms with E-state index < -0.39 is 0 Å². The molecular formula is C28H41NO3. The lowest BCUT2D eigenvalue weighted by Crippen LogP contribution is -2.64. The number of amides is 1. The highest BCUT2D eigenvalue weighted by atomic mass is 16.5. The lowest BCUT2D eigenvalue weighted by atomic mass is 9.44. The number of carbonyl (C=O) groups excluding carboxylic acids is 2. The second kappa shape index (κ2) is 11.2. The number of unbranched alkanes of at least 4 members (excludes halogenated alkanes) is 1. The predicted octanol–water partition coefficient (Wildman–Crippen LogP) is 6.16. The molecular weight excluding hydrogens is 398 g/mol. The highest BCUT2D eigenvalue weighted by Gasteiger charge is 2.59. The molecule has 0 radical (unpaired) electrons. The molecule has 1 aromatic rings. The van der Waals surface area contributed by atoms with Gasteiger partial charge in [-0.15, -0.1) is 0 Å². The van der Waals surface area contributed by atoms with E-state index in [-0.39, 0.29) is 5.97 Å². The first-order valence-electron chi connectivity index (χ1n) is 12.4. The molecule has 3 aliphatic carbocycles. The summed E-state index contributed by atoms with van der Waals surface area (Å²) in [6, 6.07) is 10.7. The fourth-order valence-corrected chi connectivity index (χ4v) is 5.93. The SMILES string of the molecule is CCCC(=O)N(Cc1ccccc1)C1C(C/C=C/CCCC(=O)OC)CC2CC1C2(C)C. The van der Waals surface area contributed by atoms with Crippen LogP contribution in [0.4, 0.5) is 0 Å². The van der Waals surface area contributed by atoms with E-state index >= 15 is 0 Å². The summed E-state index contributed by atoms with van der Waals surface area (Å²) in [4.78, 5) is 26.9. The molecule has 1 aromatic carbocycles. The van der Waals surface area contributed by atoms with Crippen molar-refractivity contribution < 1.29 is 14.3 Å². The molecule has 176 valence electrons. The Hall–Kier alpha value is -2.10. The molecule has 1 amide bonds. The van der Waals surface area contributed by atoms with Crippen LogP contribution in [0, 0.1) is 23.2 Å². The number of hydrogen-bond acceptors (Lipinski definition) is 3. The maximum atomic E-state index is 13.3. The predicted molar refractivity (Wildman–Crippen MR) is 129 cm³/mol. The molecule has 0 heterocycles. The van der Waals surface area contributed by atoms with Gasteiger partial charge in [0.25, 0.3) is 0 Å². The van der Waals surface area contributed by atoms with Crippen molar-refractivity contribution >= 4 is 11.9 Å². The number of carbonyl (C=O) groups is 2. The van der Waals surface area contributed by atoms with Crippen molar-refractivity contribution in [2.24, 2.45) is 23.2 Å². The van der Waals surface area contributed by atoms with Gasteiger partial charge in [-0.2, -0.15) is 0 Å². The number of rotatable bonds is 11. The summed E-state index contributed by atoms with van der Waals surface area (Å²) >= 11 is 0. The normalized spacial score (nSPS) is 25.9. The van der Waals surface area contributed by atoms with Gasteiger partial charge >= 0.3 is 5.97 Å². The maximum Gasteiger partial charge on any atom is 0.305 e. The van der Waals surface area contributed by atoms with Gasteiger partial charge < -0.3 is 9.64 Å². The van der Waals surface area contributed by atoms with E-state index in [9.17, 15) is 9.59 Å². The van der Waals surface area contributed by atoms with E-state index in [4.69, 9.17) is 4.74 Å². The summed E-state index contributed by atoms with van der Waals surface area (Å²) in [5.74, 6) is 2.01. The Bertz CT molecular complexity index is 785. The summed E-state index contributed by atoms with van der Waals surface area (Å²) in [6.07, 6.45) is 11.7. The molecule has 4 unspecified atom stereocenters. The molecule has 4 heteroatoms. The van der Waals surface area contributed by atoms with Crippen molar-refractivity contribution in [3.05, 3.63) is 48.0 Å². The lowest BCUT2D eigenvalue weighted by Gasteiger charge is -2.64. The molecule has 3 fully saturated rings. The van der Waals surface area contributed by atoms with E-state index in [1.54, 1.807) is 0 Å². The van der Waals surface area contributed by atoms with Gasteiger partial charge in [0.1, 0.15) is 0 Å². The van der Waals surface area contributed by atoms with Crippen molar-refractivity contribution in [3.8, 4) is 0 Å². The van der Waals surface area contributed by atoms with E-state index in [2.05, 4.69) is 62.1 Å². The van der Waals surface area contributed by atoms with Gasteiger partial charge in [-0.25, -0.2) is 0 Å². The minimum Gasteiger partial charge on any atom is -0.469 e. The smallest absolute Gasteiger partial charge is 0.305 e. The average Bonchev–Trinajstić information content (AvgIpc) is 2.80. The van der Waals surface area contributed by atoms with Gasteiger partial charge in [0.2, 0.25) is 5.91 Å². The van der Waals surface area contributed by atoms with Gasteiger partial charge in [0, 0.05) is 25.4 Å². The zero-order valence-electron chi connectivity index (χ0n) is 20.4. The van der Waals surface area contributed by atoms with Crippen molar-refractivity contribution in [1.82, 2.24) is 4.90 Å². The number of hydrogen-bond donors (Lipinski definition) is 0. The Morgan fingerprint density at radius 1 is 1.12 bits per heavy atom. The number of benzene rings is 1.